The lowest BCUT2D eigenvalue weighted by atomic mass is 10.1. The van der Waals surface area contributed by atoms with E-state index in [1.54, 1.807) is 7.11 Å². The highest BCUT2D eigenvalue weighted by molar-refractivity contribution is 7.99. The summed E-state index contributed by atoms with van der Waals surface area (Å²) in [6, 6.07) is 14.0. The highest BCUT2D eigenvalue weighted by Gasteiger charge is 2.15. The van der Waals surface area contributed by atoms with Crippen molar-refractivity contribution in [2.45, 2.75) is 32.3 Å². The van der Waals surface area contributed by atoms with Gasteiger partial charge in [-0.3, -0.25) is 9.20 Å². The molecule has 4 aromatic rings. The first-order valence-corrected chi connectivity index (χ1v) is 10.8. The number of aryl methyl sites for hydroxylation is 3. The van der Waals surface area contributed by atoms with Crippen molar-refractivity contribution in [2.75, 3.05) is 18.2 Å². The summed E-state index contributed by atoms with van der Waals surface area (Å²) in [6.45, 7) is 6.15. The number of hydrogen-bond donors (Lipinski definition) is 1. The Morgan fingerprint density at radius 1 is 1.13 bits per heavy atom. The number of fused-ring (bicyclic) bond motifs is 3. The number of methoxy groups -OCH3 is 1. The van der Waals surface area contributed by atoms with Crippen LogP contribution in [0, 0.1) is 13.8 Å². The summed E-state index contributed by atoms with van der Waals surface area (Å²) in [6.07, 6.45) is 0.867. The van der Waals surface area contributed by atoms with E-state index in [-0.39, 0.29) is 11.7 Å². The van der Waals surface area contributed by atoms with Crippen LogP contribution in [0.3, 0.4) is 0 Å². The van der Waals surface area contributed by atoms with Crippen molar-refractivity contribution >= 4 is 39.9 Å². The molecule has 0 atom stereocenters. The Hall–Kier alpha value is -3.06. The fourth-order valence-corrected chi connectivity index (χ4v) is 4.38. The van der Waals surface area contributed by atoms with E-state index in [1.807, 2.05) is 53.8 Å². The molecule has 0 spiro atoms. The highest BCUT2D eigenvalue weighted by atomic mass is 32.2. The summed E-state index contributed by atoms with van der Waals surface area (Å²) in [5, 5.41) is 13.5. The zero-order chi connectivity index (χ0) is 21.3. The van der Waals surface area contributed by atoms with Gasteiger partial charge in [-0.25, -0.2) is 0 Å². The zero-order valence-corrected chi connectivity index (χ0v) is 18.3. The number of carbonyl (C=O) groups excluding carboxylic acids is 1. The van der Waals surface area contributed by atoms with Crippen LogP contribution in [0.15, 0.2) is 47.6 Å². The molecule has 0 fully saturated rings. The van der Waals surface area contributed by atoms with Gasteiger partial charge < -0.3 is 10.1 Å². The molecule has 0 aliphatic carbocycles. The van der Waals surface area contributed by atoms with E-state index in [0.717, 1.165) is 51.1 Å². The predicted molar refractivity (Wildman–Crippen MR) is 122 cm³/mol. The largest absolute Gasteiger partial charge is 0.497 e. The molecule has 0 aliphatic heterocycles. The summed E-state index contributed by atoms with van der Waals surface area (Å²) in [5.74, 6) is 0.954. The number of aromatic nitrogens is 3. The third-order valence-corrected chi connectivity index (χ3v) is 6.14. The minimum atomic E-state index is -0.0604. The lowest BCUT2D eigenvalue weighted by Gasteiger charge is -2.13. The molecule has 1 amide bonds. The van der Waals surface area contributed by atoms with Crippen LogP contribution in [0.4, 0.5) is 5.69 Å². The van der Waals surface area contributed by atoms with Crippen molar-refractivity contribution in [1.82, 2.24) is 14.6 Å². The first-order valence-electron chi connectivity index (χ1n) is 9.85. The van der Waals surface area contributed by atoms with Gasteiger partial charge in [-0.05, 0) is 55.2 Å². The maximum absolute atomic E-state index is 12.7. The summed E-state index contributed by atoms with van der Waals surface area (Å²) < 4.78 is 7.38. The van der Waals surface area contributed by atoms with Gasteiger partial charge in [0.15, 0.2) is 10.8 Å². The second kappa shape index (κ2) is 8.36. The number of thioether (sulfide) groups is 1. The van der Waals surface area contributed by atoms with Gasteiger partial charge in [0.05, 0.1) is 18.4 Å². The van der Waals surface area contributed by atoms with Crippen molar-refractivity contribution in [3.05, 3.63) is 59.2 Å². The van der Waals surface area contributed by atoms with Crippen LogP contribution >= 0.6 is 11.8 Å². The molecule has 154 valence electrons. The third kappa shape index (κ3) is 3.73. The quantitative estimate of drug-likeness (QED) is 0.454. The Bertz CT molecular complexity index is 1250. The average Bonchev–Trinajstić information content (AvgIpc) is 3.16. The molecule has 4 rings (SSSR count). The number of nitrogens with one attached hydrogen (secondary N) is 1. The maximum Gasteiger partial charge on any atom is 0.234 e. The van der Waals surface area contributed by atoms with Gasteiger partial charge in [0.1, 0.15) is 5.75 Å². The molecule has 2 aromatic carbocycles. The van der Waals surface area contributed by atoms with Crippen LogP contribution in [-0.4, -0.2) is 33.4 Å². The normalized spacial score (nSPS) is 11.2. The molecule has 2 aromatic heterocycles. The number of ether oxygens (including phenoxy) is 1. The SMILES string of the molecule is CCc1cccc(C)c1NC(=O)CSc1nnc2cc(C)c3ccc(OC)cc3n12. The minimum absolute atomic E-state index is 0.0604. The van der Waals surface area contributed by atoms with Crippen LogP contribution < -0.4 is 10.1 Å². The summed E-state index contributed by atoms with van der Waals surface area (Å²) in [7, 11) is 1.65. The van der Waals surface area contributed by atoms with E-state index in [2.05, 4.69) is 29.4 Å². The standard InChI is InChI=1S/C23H24N4O2S/c1-5-16-8-6-7-14(2)22(16)24-21(28)13-30-23-26-25-20-11-15(3)18-10-9-17(29-4)12-19(18)27(20)23/h6-12H,5,13H2,1-4H3,(H,24,28). The molecule has 1 N–H and O–H groups in total. The number of pyridine rings is 1. The molecule has 0 bridgehead atoms. The van der Waals surface area contributed by atoms with Crippen LogP contribution in [-0.2, 0) is 11.2 Å². The van der Waals surface area contributed by atoms with Gasteiger partial charge in [0, 0.05) is 17.1 Å². The second-order valence-corrected chi connectivity index (χ2v) is 8.13. The van der Waals surface area contributed by atoms with E-state index in [4.69, 9.17) is 4.74 Å². The predicted octanol–water partition coefficient (Wildman–Crippen LogP) is 4.80. The molecule has 30 heavy (non-hydrogen) atoms. The van der Waals surface area contributed by atoms with Crippen molar-refractivity contribution in [1.29, 1.82) is 0 Å². The lowest BCUT2D eigenvalue weighted by molar-refractivity contribution is -0.113. The minimum Gasteiger partial charge on any atom is -0.497 e. The summed E-state index contributed by atoms with van der Waals surface area (Å²) in [5.41, 5.74) is 5.94. The van der Waals surface area contributed by atoms with Crippen LogP contribution in [0.25, 0.3) is 16.6 Å². The Kier molecular flexibility index (Phi) is 5.63. The Morgan fingerprint density at radius 3 is 2.73 bits per heavy atom. The van der Waals surface area contributed by atoms with Gasteiger partial charge >= 0.3 is 0 Å². The first kappa shape index (κ1) is 20.2. The Labute approximate surface area is 179 Å². The van der Waals surface area contributed by atoms with E-state index in [9.17, 15) is 4.79 Å². The highest BCUT2D eigenvalue weighted by Crippen LogP contribution is 2.29. The monoisotopic (exact) mass is 420 g/mol. The fraction of sp³-hybridized carbons (Fsp3) is 0.261. The smallest absolute Gasteiger partial charge is 0.234 e. The van der Waals surface area contributed by atoms with Gasteiger partial charge in [-0.1, -0.05) is 36.9 Å². The molecular formula is C23H24N4O2S. The van der Waals surface area contributed by atoms with Crippen LogP contribution in [0.2, 0.25) is 0 Å². The fourth-order valence-electron chi connectivity index (χ4n) is 3.63. The Balaban J connectivity index is 1.62. The molecule has 6 nitrogen and oxygen atoms in total. The lowest BCUT2D eigenvalue weighted by Crippen LogP contribution is -2.16. The summed E-state index contributed by atoms with van der Waals surface area (Å²) >= 11 is 1.37. The van der Waals surface area contributed by atoms with Gasteiger partial charge in [0.2, 0.25) is 5.91 Å². The number of nitrogens with zero attached hydrogens (tertiary/aromatic N) is 3. The van der Waals surface area contributed by atoms with E-state index >= 15 is 0 Å². The maximum atomic E-state index is 12.7. The number of rotatable bonds is 6. The number of benzene rings is 2. The number of carbonyl (C=O) groups is 1. The molecular weight excluding hydrogens is 396 g/mol. The van der Waals surface area contributed by atoms with Crippen LogP contribution in [0.1, 0.15) is 23.6 Å². The topological polar surface area (TPSA) is 68.5 Å². The third-order valence-electron chi connectivity index (χ3n) is 5.21. The number of amides is 1. The van der Waals surface area contributed by atoms with E-state index < -0.39 is 0 Å². The van der Waals surface area contributed by atoms with Gasteiger partial charge in [0.25, 0.3) is 0 Å². The van der Waals surface area contributed by atoms with Gasteiger partial charge in [-0.2, -0.15) is 0 Å². The molecule has 0 aliphatic rings. The van der Waals surface area contributed by atoms with Crippen molar-refractivity contribution in [2.24, 2.45) is 0 Å². The van der Waals surface area contributed by atoms with Crippen LogP contribution in [0.5, 0.6) is 5.75 Å². The average molecular weight is 421 g/mol. The molecule has 2 heterocycles. The number of anilines is 1. The number of para-hydroxylation sites is 1. The first-order chi connectivity index (χ1) is 14.5. The van der Waals surface area contributed by atoms with E-state index in [1.165, 1.54) is 11.8 Å². The van der Waals surface area contributed by atoms with Gasteiger partial charge in [-0.15, -0.1) is 10.2 Å². The summed E-state index contributed by atoms with van der Waals surface area (Å²) in [4.78, 5) is 12.7. The molecule has 0 saturated carbocycles. The van der Waals surface area contributed by atoms with Crippen molar-refractivity contribution in [3.63, 3.8) is 0 Å². The zero-order valence-electron chi connectivity index (χ0n) is 17.5. The molecule has 0 radical (unpaired) electrons. The Morgan fingerprint density at radius 2 is 1.97 bits per heavy atom. The van der Waals surface area contributed by atoms with Crippen molar-refractivity contribution < 1.29 is 9.53 Å². The molecule has 0 unspecified atom stereocenters. The molecule has 0 saturated heterocycles. The second-order valence-electron chi connectivity index (χ2n) is 7.19. The van der Waals surface area contributed by atoms with Crippen molar-refractivity contribution in [3.8, 4) is 5.75 Å². The molecule has 7 heteroatoms. The van der Waals surface area contributed by atoms with E-state index in [0.29, 0.717) is 5.16 Å². The number of hydrogen-bond acceptors (Lipinski definition) is 5.